The summed E-state index contributed by atoms with van der Waals surface area (Å²) in [5, 5.41) is 6.31. The standard InChI is InChI=1S/C21H23BN2O3.C15H11BrN2O.C12H24B2O4/c1-20(2)21(3,4)27-22(26-20)16-10-12-17(13-11-16)24-19-23-14-18(25-19)15-8-6-5-7-9-15;16-12-6-8-13(9-7-12)18-15-17-10-14(19-15)11-4-2-1-3-5-11;1-9(2)10(3,4)16-13(15-9)14-17-11(5,6)12(7,8)18-14/h5-14H,1-4H3,(H,23,24);1-10H,(H,17,18);1-8H3. The van der Waals surface area contributed by atoms with Crippen LogP contribution in [0.3, 0.4) is 0 Å². The molecule has 0 amide bonds. The second-order valence-corrected chi connectivity index (χ2v) is 19.9. The topological polar surface area (TPSA) is 132 Å². The summed E-state index contributed by atoms with van der Waals surface area (Å²) in [4.78, 5) is 8.52. The van der Waals surface area contributed by atoms with Gasteiger partial charge >= 0.3 is 21.1 Å². The first-order valence-electron chi connectivity index (χ1n) is 21.5. The Morgan fingerprint density at radius 1 is 0.422 bits per heavy atom. The Morgan fingerprint density at radius 3 is 1.11 bits per heavy atom. The normalized spacial score (nSPS) is 19.6. The Morgan fingerprint density at radius 2 is 0.750 bits per heavy atom. The third-order valence-electron chi connectivity index (χ3n) is 12.7. The van der Waals surface area contributed by atoms with Crippen LogP contribution < -0.4 is 16.1 Å². The Hall–Kier alpha value is -4.67. The van der Waals surface area contributed by atoms with Crippen molar-refractivity contribution in [2.75, 3.05) is 10.6 Å². The van der Waals surface area contributed by atoms with E-state index in [4.69, 9.17) is 36.8 Å². The Kier molecular flexibility index (Phi) is 13.5. The summed E-state index contributed by atoms with van der Waals surface area (Å²) in [5.74, 6) is 1.48. The van der Waals surface area contributed by atoms with Crippen LogP contribution in [-0.2, 0) is 27.9 Å². The van der Waals surface area contributed by atoms with Gasteiger partial charge in [0.25, 0.3) is 12.0 Å². The van der Waals surface area contributed by atoms with Gasteiger partial charge in [-0.15, -0.1) is 0 Å². The predicted molar refractivity (Wildman–Crippen MR) is 259 cm³/mol. The highest BCUT2D eigenvalue weighted by Gasteiger charge is 2.63. The Balaban J connectivity index is 0.000000148. The fourth-order valence-electron chi connectivity index (χ4n) is 6.62. The number of halogens is 1. The third kappa shape index (κ3) is 10.7. The number of anilines is 4. The molecular formula is C48H58B3BrN4O8. The highest BCUT2D eigenvalue weighted by molar-refractivity contribution is 9.10. The summed E-state index contributed by atoms with van der Waals surface area (Å²) in [5.41, 5.74) is 2.68. The molecule has 16 heteroatoms. The number of benzene rings is 4. The summed E-state index contributed by atoms with van der Waals surface area (Å²) >= 11 is 3.40. The van der Waals surface area contributed by atoms with Gasteiger partial charge in [-0.1, -0.05) is 88.7 Å². The molecule has 0 saturated carbocycles. The van der Waals surface area contributed by atoms with E-state index in [1.54, 1.807) is 12.4 Å². The van der Waals surface area contributed by atoms with Crippen LogP contribution in [0.15, 0.2) is 135 Å². The van der Waals surface area contributed by atoms with E-state index < -0.39 is 14.0 Å². The van der Waals surface area contributed by atoms with E-state index in [2.05, 4.69) is 64.2 Å². The van der Waals surface area contributed by atoms with Gasteiger partial charge in [0.2, 0.25) is 0 Å². The molecule has 5 heterocycles. The average molecular weight is 931 g/mol. The van der Waals surface area contributed by atoms with Crippen molar-refractivity contribution in [1.29, 1.82) is 0 Å². The minimum absolute atomic E-state index is 0.347. The zero-order valence-electron chi connectivity index (χ0n) is 38.8. The summed E-state index contributed by atoms with van der Waals surface area (Å²) in [7, 11) is -1.32. The van der Waals surface area contributed by atoms with Gasteiger partial charge in [-0.2, -0.15) is 0 Å². The molecule has 9 rings (SSSR count). The molecule has 3 saturated heterocycles. The number of nitrogens with zero attached hydrogens (tertiary/aromatic N) is 2. The maximum atomic E-state index is 6.09. The van der Waals surface area contributed by atoms with E-state index in [0.717, 1.165) is 44.0 Å². The van der Waals surface area contributed by atoms with Gasteiger partial charge in [0.15, 0.2) is 11.5 Å². The molecule has 3 aliphatic heterocycles. The van der Waals surface area contributed by atoms with Gasteiger partial charge in [0.1, 0.15) is 0 Å². The van der Waals surface area contributed by atoms with E-state index in [0.29, 0.717) is 12.0 Å². The molecule has 6 aromatic rings. The van der Waals surface area contributed by atoms with Gasteiger partial charge < -0.3 is 47.4 Å². The van der Waals surface area contributed by atoms with Crippen molar-refractivity contribution in [3.63, 3.8) is 0 Å². The van der Waals surface area contributed by atoms with E-state index in [1.165, 1.54) is 0 Å². The third-order valence-corrected chi connectivity index (χ3v) is 13.2. The van der Waals surface area contributed by atoms with E-state index in [-0.39, 0.29) is 40.7 Å². The van der Waals surface area contributed by atoms with E-state index in [9.17, 15) is 0 Å². The molecule has 0 aliphatic carbocycles. The number of aromatic nitrogens is 2. The fourth-order valence-corrected chi connectivity index (χ4v) is 6.88. The molecule has 2 aromatic heterocycles. The molecule has 0 atom stereocenters. The van der Waals surface area contributed by atoms with Crippen LogP contribution in [0, 0.1) is 0 Å². The molecule has 3 aliphatic rings. The maximum Gasteiger partial charge on any atom is 0.494 e. The number of nitrogens with one attached hydrogen (secondary N) is 2. The predicted octanol–water partition coefficient (Wildman–Crippen LogP) is 11.5. The molecule has 2 N–H and O–H groups in total. The molecule has 12 nitrogen and oxygen atoms in total. The molecule has 0 bridgehead atoms. The first-order chi connectivity index (χ1) is 30.0. The van der Waals surface area contributed by atoms with E-state index >= 15 is 0 Å². The molecule has 0 spiro atoms. The van der Waals surface area contributed by atoms with Gasteiger partial charge in [0.05, 0.1) is 46.0 Å². The molecule has 334 valence electrons. The first-order valence-corrected chi connectivity index (χ1v) is 22.3. The monoisotopic (exact) mass is 930 g/mol. The SMILES string of the molecule is Brc1ccc(Nc2ncc(-c3ccccc3)o2)cc1.CC1(C)OB(B2OC(C)(C)C(C)(C)O2)OC1(C)C.CC1(C)OB(c2ccc(Nc3ncc(-c4ccccc4)o3)cc2)OC1(C)C. The number of hydrogen-bond donors (Lipinski definition) is 2. The van der Waals surface area contributed by atoms with E-state index in [1.807, 2.05) is 165 Å². The van der Waals surface area contributed by atoms with Gasteiger partial charge in [-0.05, 0) is 125 Å². The zero-order chi connectivity index (χ0) is 46.1. The van der Waals surface area contributed by atoms with Crippen LogP contribution in [0.5, 0.6) is 0 Å². The largest absolute Gasteiger partial charge is 0.494 e. The number of oxazole rings is 2. The van der Waals surface area contributed by atoms with Crippen LogP contribution in [0.1, 0.15) is 83.1 Å². The lowest BCUT2D eigenvalue weighted by Gasteiger charge is -2.32. The van der Waals surface area contributed by atoms with Crippen molar-refractivity contribution in [3.05, 3.63) is 126 Å². The lowest BCUT2D eigenvalue weighted by atomic mass is 9.49. The van der Waals surface area contributed by atoms with Gasteiger partial charge in [0, 0.05) is 27.0 Å². The average Bonchev–Trinajstić information content (AvgIpc) is 4.04. The zero-order valence-corrected chi connectivity index (χ0v) is 40.4. The van der Waals surface area contributed by atoms with Crippen LogP contribution in [0.4, 0.5) is 23.4 Å². The lowest BCUT2D eigenvalue weighted by Crippen LogP contribution is -2.41. The first kappa shape index (κ1) is 47.3. The van der Waals surface area contributed by atoms with Gasteiger partial charge in [-0.3, -0.25) is 0 Å². The minimum atomic E-state index is -0.476. The smallest absolute Gasteiger partial charge is 0.423 e. The fraction of sp³-hybridized carbons (Fsp3) is 0.375. The molecule has 0 radical (unpaired) electrons. The molecule has 64 heavy (non-hydrogen) atoms. The summed E-state index contributed by atoms with van der Waals surface area (Å²) in [6.45, 7) is 24.4. The molecule has 0 unspecified atom stereocenters. The highest BCUT2D eigenvalue weighted by Crippen LogP contribution is 2.43. The Labute approximate surface area is 387 Å². The second kappa shape index (κ2) is 18.3. The molecule has 3 fully saturated rings. The number of hydrogen-bond acceptors (Lipinski definition) is 12. The molecular weight excluding hydrogens is 873 g/mol. The van der Waals surface area contributed by atoms with Crippen molar-refractivity contribution >= 4 is 65.9 Å². The van der Waals surface area contributed by atoms with Crippen molar-refractivity contribution in [2.45, 2.75) is 117 Å². The lowest BCUT2D eigenvalue weighted by molar-refractivity contribution is 0.00578. The van der Waals surface area contributed by atoms with Crippen LogP contribution >= 0.6 is 15.9 Å². The van der Waals surface area contributed by atoms with Crippen LogP contribution in [0.25, 0.3) is 22.6 Å². The molecule has 4 aromatic carbocycles. The highest BCUT2D eigenvalue weighted by atomic mass is 79.9. The van der Waals surface area contributed by atoms with Crippen LogP contribution in [0.2, 0.25) is 0 Å². The van der Waals surface area contributed by atoms with Crippen molar-refractivity contribution < 1.29 is 36.8 Å². The Bertz CT molecular complexity index is 2380. The summed E-state index contributed by atoms with van der Waals surface area (Å²) in [6, 6.07) is 36.5. The van der Waals surface area contributed by atoms with Crippen molar-refractivity contribution in [3.8, 4) is 22.6 Å². The second-order valence-electron chi connectivity index (χ2n) is 19.0. The summed E-state index contributed by atoms with van der Waals surface area (Å²) in [6.07, 6.45) is 3.44. The van der Waals surface area contributed by atoms with Crippen LogP contribution in [-0.4, -0.2) is 64.7 Å². The number of rotatable bonds is 8. The van der Waals surface area contributed by atoms with Crippen molar-refractivity contribution in [2.24, 2.45) is 0 Å². The quantitative estimate of drug-likeness (QED) is 0.141. The van der Waals surface area contributed by atoms with Crippen molar-refractivity contribution in [1.82, 2.24) is 9.97 Å². The summed E-state index contributed by atoms with van der Waals surface area (Å²) < 4.78 is 48.5. The van der Waals surface area contributed by atoms with Gasteiger partial charge in [-0.25, -0.2) is 9.97 Å². The minimum Gasteiger partial charge on any atom is -0.423 e. The maximum absolute atomic E-state index is 6.09.